The highest BCUT2D eigenvalue weighted by Gasteiger charge is 2.30. The molecule has 5 heteroatoms. The summed E-state index contributed by atoms with van der Waals surface area (Å²) in [5.41, 5.74) is 2.39. The van der Waals surface area contributed by atoms with Crippen LogP contribution in [0.15, 0.2) is 18.2 Å². The first kappa shape index (κ1) is 13.3. The van der Waals surface area contributed by atoms with Crippen molar-refractivity contribution in [2.24, 2.45) is 0 Å². The van der Waals surface area contributed by atoms with Gasteiger partial charge in [0, 0.05) is 12.6 Å². The minimum Gasteiger partial charge on any atom is -0.475 e. The predicted octanol–water partition coefficient (Wildman–Crippen LogP) is 1.72. The van der Waals surface area contributed by atoms with Gasteiger partial charge in [0.1, 0.15) is 0 Å². The molecule has 0 aliphatic heterocycles. The Morgan fingerprint density at radius 2 is 2.05 bits per heavy atom. The van der Waals surface area contributed by atoms with E-state index in [9.17, 15) is 14.4 Å². The van der Waals surface area contributed by atoms with Crippen LogP contribution >= 0.6 is 0 Å². The lowest BCUT2D eigenvalue weighted by molar-refractivity contribution is -0.150. The second-order valence-electron chi connectivity index (χ2n) is 4.71. The van der Waals surface area contributed by atoms with Crippen molar-refractivity contribution in [3.63, 3.8) is 0 Å². The average Bonchev–Trinajstić information content (AvgIpc) is 2.36. The van der Waals surface area contributed by atoms with Gasteiger partial charge in [0.2, 0.25) is 11.7 Å². The fraction of sp³-hybridized carbons (Fsp3) is 0.357. The molecule has 1 atom stereocenters. The van der Waals surface area contributed by atoms with Crippen molar-refractivity contribution in [1.82, 2.24) is 0 Å². The summed E-state index contributed by atoms with van der Waals surface area (Å²) in [7, 11) is 0. The Kier molecular flexibility index (Phi) is 3.64. The Balaban J connectivity index is 2.33. The molecule has 2 rings (SSSR count). The lowest BCUT2D eigenvalue weighted by Crippen LogP contribution is -2.25. The number of carboxylic acids is 1. The number of fused-ring (bicyclic) bond motifs is 1. The molecule has 0 saturated carbocycles. The van der Waals surface area contributed by atoms with Crippen molar-refractivity contribution in [3.05, 3.63) is 29.3 Å². The zero-order chi connectivity index (χ0) is 14.0. The van der Waals surface area contributed by atoms with E-state index in [1.807, 2.05) is 6.07 Å². The number of benzene rings is 1. The number of ketones is 1. The van der Waals surface area contributed by atoms with Gasteiger partial charge in [-0.1, -0.05) is 6.07 Å². The van der Waals surface area contributed by atoms with E-state index >= 15 is 0 Å². The number of carboxylic acid groups (broad SMARTS) is 1. The SMILES string of the molecule is CC(=O)Nc1ccc2c(c1)CCCC2C(=O)C(=O)O. The average molecular weight is 261 g/mol. The number of aryl methyl sites for hydroxylation is 1. The molecular formula is C14H15NO4. The molecule has 0 fully saturated rings. The normalized spacial score (nSPS) is 17.4. The lowest BCUT2D eigenvalue weighted by Gasteiger charge is -2.23. The van der Waals surface area contributed by atoms with E-state index in [1.165, 1.54) is 6.92 Å². The van der Waals surface area contributed by atoms with Crippen molar-refractivity contribution in [1.29, 1.82) is 0 Å². The molecule has 100 valence electrons. The second kappa shape index (κ2) is 5.22. The number of amides is 1. The monoisotopic (exact) mass is 261 g/mol. The highest BCUT2D eigenvalue weighted by Crippen LogP contribution is 2.33. The minimum atomic E-state index is -1.39. The quantitative estimate of drug-likeness (QED) is 0.811. The van der Waals surface area contributed by atoms with Crippen molar-refractivity contribution in [2.45, 2.75) is 32.1 Å². The highest BCUT2D eigenvalue weighted by molar-refractivity contribution is 6.35. The van der Waals surface area contributed by atoms with Gasteiger partial charge in [-0.3, -0.25) is 9.59 Å². The van der Waals surface area contributed by atoms with E-state index in [4.69, 9.17) is 5.11 Å². The zero-order valence-corrected chi connectivity index (χ0v) is 10.6. The molecule has 1 aliphatic rings. The summed E-state index contributed by atoms with van der Waals surface area (Å²) >= 11 is 0. The van der Waals surface area contributed by atoms with E-state index in [1.54, 1.807) is 12.1 Å². The first-order valence-corrected chi connectivity index (χ1v) is 6.16. The number of anilines is 1. The van der Waals surface area contributed by atoms with E-state index < -0.39 is 17.7 Å². The third kappa shape index (κ3) is 2.81. The van der Waals surface area contributed by atoms with Gasteiger partial charge in [-0.05, 0) is 42.5 Å². The molecule has 19 heavy (non-hydrogen) atoms. The van der Waals surface area contributed by atoms with Gasteiger partial charge >= 0.3 is 5.97 Å². The second-order valence-corrected chi connectivity index (χ2v) is 4.71. The Morgan fingerprint density at radius 1 is 1.32 bits per heavy atom. The maximum Gasteiger partial charge on any atom is 0.372 e. The maximum absolute atomic E-state index is 11.7. The third-order valence-electron chi connectivity index (χ3n) is 3.30. The molecule has 0 bridgehead atoms. The largest absolute Gasteiger partial charge is 0.475 e. The summed E-state index contributed by atoms with van der Waals surface area (Å²) < 4.78 is 0. The topological polar surface area (TPSA) is 83.5 Å². The van der Waals surface area contributed by atoms with Crippen LogP contribution in [0.2, 0.25) is 0 Å². The van der Waals surface area contributed by atoms with E-state index in [0.29, 0.717) is 12.1 Å². The number of carbonyl (C=O) groups is 3. The Labute approximate surface area is 110 Å². The first-order valence-electron chi connectivity index (χ1n) is 6.16. The standard InChI is InChI=1S/C14H15NO4/c1-8(16)15-10-5-6-11-9(7-10)3-2-4-12(11)13(17)14(18)19/h5-7,12H,2-4H2,1H3,(H,15,16)(H,18,19). The maximum atomic E-state index is 11.7. The summed E-state index contributed by atoms with van der Waals surface area (Å²) in [6, 6.07) is 5.26. The fourth-order valence-corrected chi connectivity index (χ4v) is 2.52. The zero-order valence-electron chi connectivity index (χ0n) is 10.6. The van der Waals surface area contributed by atoms with Crippen molar-refractivity contribution < 1.29 is 19.5 Å². The smallest absolute Gasteiger partial charge is 0.372 e. The summed E-state index contributed by atoms with van der Waals surface area (Å²) in [6.45, 7) is 1.43. The van der Waals surface area contributed by atoms with Gasteiger partial charge in [0.25, 0.3) is 0 Å². The van der Waals surface area contributed by atoms with Crippen molar-refractivity contribution >= 4 is 23.3 Å². The Bertz CT molecular complexity index is 550. The molecule has 1 unspecified atom stereocenters. The minimum absolute atomic E-state index is 0.158. The van der Waals surface area contributed by atoms with Crippen molar-refractivity contribution in [2.75, 3.05) is 5.32 Å². The molecule has 1 aromatic rings. The summed E-state index contributed by atoms with van der Waals surface area (Å²) in [5.74, 6) is -2.86. The van der Waals surface area contributed by atoms with Gasteiger partial charge in [0.15, 0.2) is 0 Å². The molecule has 0 aromatic heterocycles. The molecular weight excluding hydrogens is 246 g/mol. The number of carbonyl (C=O) groups excluding carboxylic acids is 2. The van der Waals surface area contributed by atoms with Crippen LogP contribution in [0, 0.1) is 0 Å². The lowest BCUT2D eigenvalue weighted by atomic mass is 9.80. The molecule has 0 radical (unpaired) electrons. The van der Waals surface area contributed by atoms with Crippen molar-refractivity contribution in [3.8, 4) is 0 Å². The molecule has 0 saturated heterocycles. The molecule has 1 aliphatic carbocycles. The number of rotatable bonds is 3. The molecule has 0 heterocycles. The van der Waals surface area contributed by atoms with Crippen LogP contribution in [0.3, 0.4) is 0 Å². The first-order chi connectivity index (χ1) is 8.99. The van der Waals surface area contributed by atoms with Gasteiger partial charge in [-0.2, -0.15) is 0 Å². The molecule has 1 aromatic carbocycles. The summed E-state index contributed by atoms with van der Waals surface area (Å²) in [5, 5.41) is 11.5. The van der Waals surface area contributed by atoms with E-state index in [0.717, 1.165) is 24.0 Å². The van der Waals surface area contributed by atoms with Crippen LogP contribution < -0.4 is 5.32 Å². The summed E-state index contributed by atoms with van der Waals surface area (Å²) in [4.78, 5) is 33.5. The van der Waals surface area contributed by atoms with Crippen LogP contribution in [-0.2, 0) is 20.8 Å². The number of hydrogen-bond donors (Lipinski definition) is 2. The predicted molar refractivity (Wildman–Crippen MR) is 69.1 cm³/mol. The molecule has 0 spiro atoms. The van der Waals surface area contributed by atoms with Gasteiger partial charge in [-0.25, -0.2) is 4.79 Å². The Morgan fingerprint density at radius 3 is 2.68 bits per heavy atom. The Hall–Kier alpha value is -2.17. The van der Waals surface area contributed by atoms with Crippen LogP contribution in [0.1, 0.15) is 36.8 Å². The fourth-order valence-electron chi connectivity index (χ4n) is 2.52. The summed E-state index contributed by atoms with van der Waals surface area (Å²) in [6.07, 6.45) is 2.14. The number of hydrogen-bond acceptors (Lipinski definition) is 3. The van der Waals surface area contributed by atoms with E-state index in [-0.39, 0.29) is 5.91 Å². The number of Topliss-reactive ketones (excluding diaryl/α,β-unsaturated/α-hetero) is 1. The molecule has 1 amide bonds. The third-order valence-corrected chi connectivity index (χ3v) is 3.30. The van der Waals surface area contributed by atoms with Gasteiger partial charge in [-0.15, -0.1) is 0 Å². The van der Waals surface area contributed by atoms with Crippen LogP contribution in [0.4, 0.5) is 5.69 Å². The van der Waals surface area contributed by atoms with Crippen LogP contribution in [0.5, 0.6) is 0 Å². The molecule has 5 nitrogen and oxygen atoms in total. The van der Waals surface area contributed by atoms with E-state index in [2.05, 4.69) is 5.32 Å². The number of aliphatic carboxylic acids is 1. The molecule has 2 N–H and O–H groups in total. The number of nitrogens with one attached hydrogen (secondary N) is 1. The van der Waals surface area contributed by atoms with Gasteiger partial charge < -0.3 is 10.4 Å². The van der Waals surface area contributed by atoms with Gasteiger partial charge in [0.05, 0.1) is 5.92 Å². The highest BCUT2D eigenvalue weighted by atomic mass is 16.4. The van der Waals surface area contributed by atoms with Crippen LogP contribution in [-0.4, -0.2) is 22.8 Å². The van der Waals surface area contributed by atoms with Crippen LogP contribution in [0.25, 0.3) is 0 Å².